The second-order valence-electron chi connectivity index (χ2n) is 5.80. The van der Waals surface area contributed by atoms with E-state index >= 15 is 0 Å². The van der Waals surface area contributed by atoms with Crippen LogP contribution in [0.3, 0.4) is 0 Å². The lowest BCUT2D eigenvalue weighted by molar-refractivity contribution is 0.361. The fourth-order valence-corrected chi connectivity index (χ4v) is 2.21. The third kappa shape index (κ3) is 6.19. The van der Waals surface area contributed by atoms with Crippen LogP contribution < -0.4 is 5.32 Å². The molecule has 1 heterocycles. The topological polar surface area (TPSA) is 42.7 Å². The van der Waals surface area contributed by atoms with Gasteiger partial charge in [0.15, 0.2) is 0 Å². The van der Waals surface area contributed by atoms with Crippen LogP contribution in [0.25, 0.3) is 0 Å². The molecule has 1 atom stereocenters. The molecule has 0 saturated carbocycles. The van der Waals surface area contributed by atoms with Gasteiger partial charge in [0.25, 0.3) is 0 Å². The largest absolute Gasteiger partial charge is 0.310 e. The molecule has 1 unspecified atom stereocenters. The van der Waals surface area contributed by atoms with E-state index in [1.54, 1.807) is 6.33 Å². The summed E-state index contributed by atoms with van der Waals surface area (Å²) in [4.78, 5) is 4.37. The summed E-state index contributed by atoms with van der Waals surface area (Å²) in [5.41, 5.74) is 0. The molecular formula is C15H30N4. The van der Waals surface area contributed by atoms with Crippen LogP contribution in [0, 0.1) is 11.8 Å². The summed E-state index contributed by atoms with van der Waals surface area (Å²) >= 11 is 0. The second-order valence-corrected chi connectivity index (χ2v) is 5.80. The number of rotatable bonds is 10. The molecule has 0 bridgehead atoms. The number of unbranched alkanes of at least 4 members (excludes halogenated alkanes) is 1. The molecule has 0 spiro atoms. The van der Waals surface area contributed by atoms with E-state index in [2.05, 4.69) is 47.8 Å². The Morgan fingerprint density at radius 1 is 1.32 bits per heavy atom. The van der Waals surface area contributed by atoms with Gasteiger partial charge >= 0.3 is 0 Å². The van der Waals surface area contributed by atoms with E-state index in [1.165, 1.54) is 25.7 Å². The minimum atomic E-state index is 0.671. The Morgan fingerprint density at radius 2 is 2.11 bits per heavy atom. The monoisotopic (exact) mass is 266 g/mol. The van der Waals surface area contributed by atoms with E-state index in [0.717, 1.165) is 31.4 Å². The molecule has 0 aliphatic carbocycles. The van der Waals surface area contributed by atoms with Gasteiger partial charge in [-0.1, -0.05) is 47.0 Å². The lowest BCUT2D eigenvalue weighted by atomic mass is 9.99. The molecule has 0 saturated heterocycles. The van der Waals surface area contributed by atoms with Gasteiger partial charge in [-0.3, -0.25) is 0 Å². The predicted octanol–water partition coefficient (Wildman–Crippen LogP) is 3.24. The summed E-state index contributed by atoms with van der Waals surface area (Å²) in [6.45, 7) is 11.8. The van der Waals surface area contributed by atoms with Gasteiger partial charge in [0.2, 0.25) is 0 Å². The molecule has 4 nitrogen and oxygen atoms in total. The van der Waals surface area contributed by atoms with Crippen molar-refractivity contribution >= 4 is 0 Å². The molecule has 1 aromatic heterocycles. The van der Waals surface area contributed by atoms with E-state index in [4.69, 9.17) is 0 Å². The molecule has 1 aromatic rings. The zero-order valence-electron chi connectivity index (χ0n) is 13.0. The van der Waals surface area contributed by atoms with Gasteiger partial charge in [0.05, 0.1) is 6.54 Å². The summed E-state index contributed by atoms with van der Waals surface area (Å²) in [6, 6.07) is 0. The third-order valence-electron chi connectivity index (χ3n) is 3.51. The van der Waals surface area contributed by atoms with Crippen LogP contribution in [0.4, 0.5) is 0 Å². The maximum atomic E-state index is 4.38. The van der Waals surface area contributed by atoms with E-state index < -0.39 is 0 Å². The highest BCUT2D eigenvalue weighted by atomic mass is 15.3. The third-order valence-corrected chi connectivity index (χ3v) is 3.51. The molecule has 1 N–H and O–H groups in total. The van der Waals surface area contributed by atoms with Crippen molar-refractivity contribution in [2.45, 2.75) is 66.5 Å². The van der Waals surface area contributed by atoms with Crippen LogP contribution in [-0.2, 0) is 13.1 Å². The first-order valence-electron chi connectivity index (χ1n) is 7.74. The van der Waals surface area contributed by atoms with Crippen LogP contribution in [0.15, 0.2) is 6.33 Å². The van der Waals surface area contributed by atoms with E-state index in [1.807, 2.05) is 0 Å². The quantitative estimate of drug-likeness (QED) is 0.707. The SMILES string of the molecule is CCCCC(CC)Cn1ncnc1CNCC(C)C. The highest BCUT2D eigenvalue weighted by Gasteiger charge is 2.11. The van der Waals surface area contributed by atoms with Gasteiger partial charge in [-0.05, 0) is 24.8 Å². The lowest BCUT2D eigenvalue weighted by Gasteiger charge is -2.16. The maximum Gasteiger partial charge on any atom is 0.140 e. The van der Waals surface area contributed by atoms with Crippen molar-refractivity contribution in [1.82, 2.24) is 20.1 Å². The molecule has 1 rings (SSSR count). The van der Waals surface area contributed by atoms with Crippen molar-refractivity contribution in [3.8, 4) is 0 Å². The van der Waals surface area contributed by atoms with Crippen molar-refractivity contribution in [2.24, 2.45) is 11.8 Å². The normalized spacial score (nSPS) is 13.1. The maximum absolute atomic E-state index is 4.38. The first kappa shape index (κ1) is 16.2. The zero-order valence-corrected chi connectivity index (χ0v) is 13.0. The van der Waals surface area contributed by atoms with Crippen LogP contribution in [-0.4, -0.2) is 21.3 Å². The second kappa shape index (κ2) is 9.08. The van der Waals surface area contributed by atoms with Gasteiger partial charge < -0.3 is 5.32 Å². The fourth-order valence-electron chi connectivity index (χ4n) is 2.21. The van der Waals surface area contributed by atoms with Crippen LogP contribution in [0.2, 0.25) is 0 Å². The van der Waals surface area contributed by atoms with Crippen molar-refractivity contribution in [1.29, 1.82) is 0 Å². The lowest BCUT2D eigenvalue weighted by Crippen LogP contribution is -2.23. The molecule has 0 fully saturated rings. The molecule has 110 valence electrons. The summed E-state index contributed by atoms with van der Waals surface area (Å²) in [7, 11) is 0. The van der Waals surface area contributed by atoms with Crippen molar-refractivity contribution in [2.75, 3.05) is 6.54 Å². The number of hydrogen-bond donors (Lipinski definition) is 1. The van der Waals surface area contributed by atoms with E-state index in [9.17, 15) is 0 Å². The molecule has 0 aromatic carbocycles. The van der Waals surface area contributed by atoms with E-state index in [-0.39, 0.29) is 0 Å². The average molecular weight is 266 g/mol. The Morgan fingerprint density at radius 3 is 2.74 bits per heavy atom. The van der Waals surface area contributed by atoms with Gasteiger partial charge in [-0.2, -0.15) is 5.10 Å². The predicted molar refractivity (Wildman–Crippen MR) is 79.9 cm³/mol. The first-order chi connectivity index (χ1) is 9.17. The molecular weight excluding hydrogens is 236 g/mol. The van der Waals surface area contributed by atoms with Gasteiger partial charge in [-0.15, -0.1) is 0 Å². The molecule has 4 heteroatoms. The summed E-state index contributed by atoms with van der Waals surface area (Å²) in [6.07, 6.45) is 6.79. The standard InChI is InChI=1S/C15H30N4/c1-5-7-8-14(6-2)11-19-15(17-12-18-19)10-16-9-13(3)4/h12-14,16H,5-11H2,1-4H3. The molecule has 0 radical (unpaired) electrons. The molecule has 0 aliphatic heterocycles. The first-order valence-corrected chi connectivity index (χ1v) is 7.74. The summed E-state index contributed by atoms with van der Waals surface area (Å²) < 4.78 is 2.08. The Hall–Kier alpha value is -0.900. The Labute approximate surface area is 118 Å². The minimum absolute atomic E-state index is 0.671. The zero-order chi connectivity index (χ0) is 14.1. The molecule has 19 heavy (non-hydrogen) atoms. The summed E-state index contributed by atoms with van der Waals surface area (Å²) in [5, 5.41) is 7.81. The number of nitrogens with zero attached hydrogens (tertiary/aromatic N) is 3. The molecule has 0 aliphatic rings. The van der Waals surface area contributed by atoms with Crippen LogP contribution in [0.1, 0.15) is 59.2 Å². The Balaban J connectivity index is 2.46. The summed E-state index contributed by atoms with van der Waals surface area (Å²) in [5.74, 6) is 2.46. The highest BCUT2D eigenvalue weighted by molar-refractivity contribution is 4.84. The van der Waals surface area contributed by atoms with Gasteiger partial charge in [0, 0.05) is 6.54 Å². The fraction of sp³-hybridized carbons (Fsp3) is 0.867. The average Bonchev–Trinajstić information content (AvgIpc) is 2.81. The van der Waals surface area contributed by atoms with Crippen LogP contribution >= 0.6 is 0 Å². The van der Waals surface area contributed by atoms with Crippen LogP contribution in [0.5, 0.6) is 0 Å². The van der Waals surface area contributed by atoms with Crippen molar-refractivity contribution in [3.63, 3.8) is 0 Å². The highest BCUT2D eigenvalue weighted by Crippen LogP contribution is 2.15. The van der Waals surface area contributed by atoms with Crippen molar-refractivity contribution in [3.05, 3.63) is 12.2 Å². The number of aromatic nitrogens is 3. The smallest absolute Gasteiger partial charge is 0.140 e. The number of hydrogen-bond acceptors (Lipinski definition) is 3. The van der Waals surface area contributed by atoms with Crippen molar-refractivity contribution < 1.29 is 0 Å². The Bertz CT molecular complexity index is 333. The minimum Gasteiger partial charge on any atom is -0.310 e. The van der Waals surface area contributed by atoms with E-state index in [0.29, 0.717) is 5.92 Å². The van der Waals surface area contributed by atoms with Gasteiger partial charge in [-0.25, -0.2) is 9.67 Å². The number of nitrogens with one attached hydrogen (secondary N) is 1. The van der Waals surface area contributed by atoms with Gasteiger partial charge in [0.1, 0.15) is 12.2 Å². The molecule has 0 amide bonds. The Kier molecular flexibility index (Phi) is 7.72.